The minimum Gasteiger partial charge on any atom is -0.462 e. The summed E-state index contributed by atoms with van der Waals surface area (Å²) in [7, 11) is 3.81. The maximum absolute atomic E-state index is 13.4. The molecular formula is C29H53NO8. The van der Waals surface area contributed by atoms with Gasteiger partial charge in [0.25, 0.3) is 0 Å². The molecule has 2 heterocycles. The fraction of sp³-hybridized carbons (Fsp3) is 0.931. The second kappa shape index (κ2) is 14.0. The molecule has 0 aromatic carbocycles. The van der Waals surface area contributed by atoms with Crippen LogP contribution in [0, 0.1) is 35.5 Å². The predicted octanol–water partition coefficient (Wildman–Crippen LogP) is 2.63. The summed E-state index contributed by atoms with van der Waals surface area (Å²) >= 11 is 0. The molecule has 0 aliphatic carbocycles. The molecule has 38 heavy (non-hydrogen) atoms. The second-order valence-electron chi connectivity index (χ2n) is 12.3. The van der Waals surface area contributed by atoms with Gasteiger partial charge in [-0.15, -0.1) is 0 Å². The first kappa shape index (κ1) is 33.1. The summed E-state index contributed by atoms with van der Waals surface area (Å²) in [5, 5.41) is 33.4. The van der Waals surface area contributed by atoms with Crippen LogP contribution in [0.25, 0.3) is 0 Å². The Balaban J connectivity index is 2.43. The number of rotatable bonds is 4. The molecule has 2 fully saturated rings. The van der Waals surface area contributed by atoms with Crippen molar-refractivity contribution in [1.29, 1.82) is 0 Å². The molecule has 0 aromatic heterocycles. The van der Waals surface area contributed by atoms with E-state index >= 15 is 0 Å². The van der Waals surface area contributed by atoms with Crippen molar-refractivity contribution in [3.63, 3.8) is 0 Å². The molecule has 2 aliphatic rings. The molecule has 2 saturated heterocycles. The zero-order valence-corrected chi connectivity index (χ0v) is 25.0. The van der Waals surface area contributed by atoms with Gasteiger partial charge in [-0.25, -0.2) is 0 Å². The van der Waals surface area contributed by atoms with Crippen molar-refractivity contribution in [3.8, 4) is 0 Å². The minimum absolute atomic E-state index is 0.0648. The van der Waals surface area contributed by atoms with Crippen LogP contribution in [0.5, 0.6) is 0 Å². The van der Waals surface area contributed by atoms with E-state index in [-0.39, 0.29) is 29.8 Å². The molecule has 9 nitrogen and oxygen atoms in total. The number of esters is 1. The number of cyclic esters (lactones) is 1. The standard InChI is InChI=1S/C29H53NO8/c1-11-22-17(5)24(32)18(6)23(31)14(2)12-15(3)27(19(7)25(33)20(8)28(35)37-22)38-29-26(34)21(30(9)10)13-16(4)36-29/h14-22,24-27,29,32-34H,11-13H2,1-10H3/t14-,15+,16?,17+,18+,19+,20-,21?,22-,24+,25+,26?,27+,29?/m1/s1. The lowest BCUT2D eigenvalue weighted by Crippen LogP contribution is -2.56. The Morgan fingerprint density at radius 1 is 0.868 bits per heavy atom. The Hall–Kier alpha value is -1.10. The van der Waals surface area contributed by atoms with Gasteiger partial charge in [-0.1, -0.05) is 41.5 Å². The Kier molecular flexibility index (Phi) is 12.2. The van der Waals surface area contributed by atoms with E-state index in [0.717, 1.165) is 0 Å². The molecule has 14 atom stereocenters. The fourth-order valence-corrected chi connectivity index (χ4v) is 6.29. The third-order valence-electron chi connectivity index (χ3n) is 9.04. The maximum atomic E-state index is 13.4. The number of likely N-dealkylation sites (N-methyl/N-ethyl adjacent to an activating group) is 1. The molecule has 4 unspecified atom stereocenters. The van der Waals surface area contributed by atoms with E-state index in [9.17, 15) is 24.9 Å². The number of aliphatic hydroxyl groups excluding tert-OH is 3. The maximum Gasteiger partial charge on any atom is 0.311 e. The number of aliphatic hydroxyl groups is 3. The number of hydrogen-bond donors (Lipinski definition) is 3. The highest BCUT2D eigenvalue weighted by Crippen LogP contribution is 2.35. The number of nitrogens with zero attached hydrogens (tertiary/aromatic N) is 1. The molecule has 0 saturated carbocycles. The molecule has 2 rings (SSSR count). The summed E-state index contributed by atoms with van der Waals surface area (Å²) in [5.41, 5.74) is 0. The molecule has 0 amide bonds. The topological polar surface area (TPSA) is 126 Å². The number of Topliss-reactive ketones (excluding diaryl/α,β-unsaturated/α-hetero) is 1. The van der Waals surface area contributed by atoms with E-state index in [2.05, 4.69) is 0 Å². The van der Waals surface area contributed by atoms with E-state index in [0.29, 0.717) is 19.3 Å². The number of carbonyl (C=O) groups is 2. The van der Waals surface area contributed by atoms with Gasteiger partial charge in [-0.3, -0.25) is 9.59 Å². The summed E-state index contributed by atoms with van der Waals surface area (Å²) < 4.78 is 18.2. The lowest BCUT2D eigenvalue weighted by atomic mass is 9.77. The number of carbonyl (C=O) groups excluding carboxylic acids is 2. The van der Waals surface area contributed by atoms with E-state index in [1.54, 1.807) is 20.8 Å². The summed E-state index contributed by atoms with van der Waals surface area (Å²) in [4.78, 5) is 28.4. The Bertz CT molecular complexity index is 778. The van der Waals surface area contributed by atoms with Crippen LogP contribution in [0.15, 0.2) is 0 Å². The quantitative estimate of drug-likeness (QED) is 0.459. The molecule has 0 bridgehead atoms. The average Bonchev–Trinajstić information content (AvgIpc) is 2.87. The van der Waals surface area contributed by atoms with Crippen LogP contribution in [-0.2, 0) is 23.8 Å². The van der Waals surface area contributed by atoms with Crippen LogP contribution in [0.3, 0.4) is 0 Å². The molecule has 0 radical (unpaired) electrons. The van der Waals surface area contributed by atoms with Crippen LogP contribution in [0.1, 0.15) is 74.7 Å². The van der Waals surface area contributed by atoms with Gasteiger partial charge < -0.3 is 34.4 Å². The van der Waals surface area contributed by atoms with Gasteiger partial charge in [0.2, 0.25) is 0 Å². The smallest absolute Gasteiger partial charge is 0.311 e. The lowest BCUT2D eigenvalue weighted by Gasteiger charge is -2.44. The van der Waals surface area contributed by atoms with Crippen LogP contribution in [-0.4, -0.2) is 95.0 Å². The summed E-state index contributed by atoms with van der Waals surface area (Å²) in [6, 6.07) is -0.164. The van der Waals surface area contributed by atoms with Crippen LogP contribution >= 0.6 is 0 Å². The Morgan fingerprint density at radius 2 is 1.45 bits per heavy atom. The first-order valence-corrected chi connectivity index (χ1v) is 14.4. The highest BCUT2D eigenvalue weighted by molar-refractivity contribution is 5.83. The lowest BCUT2D eigenvalue weighted by molar-refractivity contribution is -0.283. The summed E-state index contributed by atoms with van der Waals surface area (Å²) in [6.45, 7) is 14.6. The predicted molar refractivity (Wildman–Crippen MR) is 144 cm³/mol. The molecule has 2 aliphatic heterocycles. The van der Waals surface area contributed by atoms with Crippen molar-refractivity contribution in [2.75, 3.05) is 14.1 Å². The molecular weight excluding hydrogens is 490 g/mol. The van der Waals surface area contributed by atoms with Crippen LogP contribution < -0.4 is 0 Å². The van der Waals surface area contributed by atoms with E-state index < -0.39 is 66.5 Å². The normalized spacial score (nSPS) is 46.5. The number of ketones is 1. The second-order valence-corrected chi connectivity index (χ2v) is 12.3. The van der Waals surface area contributed by atoms with Gasteiger partial charge in [0.05, 0.1) is 30.3 Å². The first-order valence-electron chi connectivity index (χ1n) is 14.4. The van der Waals surface area contributed by atoms with Gasteiger partial charge in [-0.05, 0) is 53.1 Å². The molecule has 0 aromatic rings. The van der Waals surface area contributed by atoms with Gasteiger partial charge in [-0.2, -0.15) is 0 Å². The SMILES string of the molecule is CC[C@H]1OC(=O)[C@H](C)[C@@H](O)[C@H](C)[C@@H](OC2OC(C)CC(N(C)C)C2O)[C@@H](C)C[C@@H](C)C(=O)[C@H](C)[C@@H](O)[C@H]1C. The fourth-order valence-electron chi connectivity index (χ4n) is 6.29. The van der Waals surface area contributed by atoms with Crippen LogP contribution in [0.2, 0.25) is 0 Å². The van der Waals surface area contributed by atoms with Crippen LogP contribution in [0.4, 0.5) is 0 Å². The number of ether oxygens (including phenoxy) is 3. The first-order chi connectivity index (χ1) is 17.6. The third kappa shape index (κ3) is 7.55. The van der Waals surface area contributed by atoms with Crippen molar-refractivity contribution >= 4 is 11.8 Å². The van der Waals surface area contributed by atoms with Crippen molar-refractivity contribution < 1.29 is 39.1 Å². The minimum atomic E-state index is -1.09. The van der Waals surface area contributed by atoms with Gasteiger partial charge in [0.1, 0.15) is 18.0 Å². The zero-order valence-electron chi connectivity index (χ0n) is 25.0. The Labute approximate surface area is 229 Å². The van der Waals surface area contributed by atoms with Gasteiger partial charge in [0, 0.05) is 29.7 Å². The third-order valence-corrected chi connectivity index (χ3v) is 9.04. The molecule has 9 heteroatoms. The van der Waals surface area contributed by atoms with E-state index in [1.807, 2.05) is 53.6 Å². The summed E-state index contributed by atoms with van der Waals surface area (Å²) in [6.07, 6.45) is -3.66. The van der Waals surface area contributed by atoms with Crippen molar-refractivity contribution in [1.82, 2.24) is 4.90 Å². The van der Waals surface area contributed by atoms with Gasteiger partial charge in [0.15, 0.2) is 6.29 Å². The zero-order chi connectivity index (χ0) is 29.1. The molecule has 3 N–H and O–H groups in total. The van der Waals surface area contributed by atoms with E-state index in [4.69, 9.17) is 14.2 Å². The van der Waals surface area contributed by atoms with Crippen molar-refractivity contribution in [3.05, 3.63) is 0 Å². The highest BCUT2D eigenvalue weighted by atomic mass is 16.7. The Morgan fingerprint density at radius 3 is 2.00 bits per heavy atom. The highest BCUT2D eigenvalue weighted by Gasteiger charge is 2.44. The van der Waals surface area contributed by atoms with Gasteiger partial charge >= 0.3 is 5.97 Å². The monoisotopic (exact) mass is 543 g/mol. The molecule has 0 spiro atoms. The van der Waals surface area contributed by atoms with Crippen molar-refractivity contribution in [2.45, 2.75) is 124 Å². The van der Waals surface area contributed by atoms with E-state index in [1.165, 1.54) is 0 Å². The number of hydrogen-bond acceptors (Lipinski definition) is 9. The summed E-state index contributed by atoms with van der Waals surface area (Å²) in [5.74, 6) is -3.65. The average molecular weight is 544 g/mol. The van der Waals surface area contributed by atoms with Crippen molar-refractivity contribution in [2.24, 2.45) is 35.5 Å². The largest absolute Gasteiger partial charge is 0.462 e. The molecule has 222 valence electrons.